The quantitative estimate of drug-likeness (QED) is 0.853. The fourth-order valence-electron chi connectivity index (χ4n) is 1.27. The fraction of sp³-hybridized carbons (Fsp3) is 0.417. The molecule has 1 aromatic rings. The molecule has 0 bridgehead atoms. The van der Waals surface area contributed by atoms with E-state index in [9.17, 15) is 4.79 Å². The summed E-state index contributed by atoms with van der Waals surface area (Å²) in [6, 6.07) is 4.75. The molecule has 1 aromatic carbocycles. The minimum Gasteiger partial charge on any atom is -0.495 e. The van der Waals surface area contributed by atoms with Gasteiger partial charge in [0.25, 0.3) is 0 Å². The number of halogens is 1. The highest BCUT2D eigenvalue weighted by atomic mass is 35.5. The number of nitrogens with one attached hydrogen (secondary N) is 2. The Kier molecular flexibility index (Phi) is 4.23. The van der Waals surface area contributed by atoms with Gasteiger partial charge in [0, 0.05) is 10.6 Å². The molecule has 0 fully saturated rings. The molecule has 1 rings (SSSR count). The summed E-state index contributed by atoms with van der Waals surface area (Å²) in [6.07, 6.45) is 0. The van der Waals surface area contributed by atoms with E-state index in [0.29, 0.717) is 16.5 Å². The number of carbonyl (C=O) groups is 1. The third kappa shape index (κ3) is 4.53. The lowest BCUT2D eigenvalue weighted by Crippen LogP contribution is -2.43. The van der Waals surface area contributed by atoms with Gasteiger partial charge in [-0.15, -0.1) is 0 Å². The molecule has 5 heteroatoms. The van der Waals surface area contributed by atoms with Crippen LogP contribution in [0.2, 0.25) is 5.02 Å². The second-order valence-electron chi connectivity index (χ2n) is 4.67. The number of anilines is 1. The highest BCUT2D eigenvalue weighted by molar-refractivity contribution is 6.31. The average molecular weight is 257 g/mol. The first-order chi connectivity index (χ1) is 7.81. The van der Waals surface area contributed by atoms with Gasteiger partial charge in [0.15, 0.2) is 0 Å². The molecule has 0 saturated carbocycles. The summed E-state index contributed by atoms with van der Waals surface area (Å²) in [5.74, 6) is 0.568. The van der Waals surface area contributed by atoms with Crippen molar-refractivity contribution in [2.45, 2.75) is 26.3 Å². The number of hydrogen-bond donors (Lipinski definition) is 2. The molecule has 0 unspecified atom stereocenters. The van der Waals surface area contributed by atoms with Gasteiger partial charge in [-0.2, -0.15) is 0 Å². The Morgan fingerprint density at radius 1 is 1.35 bits per heavy atom. The highest BCUT2D eigenvalue weighted by Crippen LogP contribution is 2.27. The molecule has 0 radical (unpaired) electrons. The number of ether oxygens (including phenoxy) is 1. The zero-order valence-electron chi connectivity index (χ0n) is 10.4. The van der Waals surface area contributed by atoms with Crippen LogP contribution < -0.4 is 15.4 Å². The first-order valence-corrected chi connectivity index (χ1v) is 5.62. The molecule has 17 heavy (non-hydrogen) atoms. The van der Waals surface area contributed by atoms with Crippen LogP contribution >= 0.6 is 11.6 Å². The monoisotopic (exact) mass is 256 g/mol. The number of amides is 2. The van der Waals surface area contributed by atoms with Crippen molar-refractivity contribution in [3.8, 4) is 5.75 Å². The third-order valence-electron chi connectivity index (χ3n) is 1.90. The normalized spacial score (nSPS) is 10.9. The van der Waals surface area contributed by atoms with E-state index in [-0.39, 0.29) is 11.6 Å². The predicted octanol–water partition coefficient (Wildman–Crippen LogP) is 3.27. The third-order valence-corrected chi connectivity index (χ3v) is 2.13. The van der Waals surface area contributed by atoms with Gasteiger partial charge >= 0.3 is 6.03 Å². The Bertz CT molecular complexity index is 413. The van der Waals surface area contributed by atoms with Crippen molar-refractivity contribution in [1.29, 1.82) is 0 Å². The van der Waals surface area contributed by atoms with Gasteiger partial charge < -0.3 is 15.4 Å². The molecule has 0 aliphatic carbocycles. The van der Waals surface area contributed by atoms with Crippen LogP contribution in [0.15, 0.2) is 18.2 Å². The van der Waals surface area contributed by atoms with E-state index in [1.54, 1.807) is 18.2 Å². The minimum absolute atomic E-state index is 0.293. The van der Waals surface area contributed by atoms with Crippen LogP contribution in [0.25, 0.3) is 0 Å². The zero-order chi connectivity index (χ0) is 13.1. The second kappa shape index (κ2) is 5.27. The second-order valence-corrected chi connectivity index (χ2v) is 5.11. The number of methoxy groups -OCH3 is 1. The number of rotatable bonds is 2. The Hall–Kier alpha value is -1.42. The molecule has 0 aliphatic rings. The molecule has 0 spiro atoms. The van der Waals surface area contributed by atoms with E-state index in [2.05, 4.69) is 10.6 Å². The molecule has 0 aliphatic heterocycles. The Morgan fingerprint density at radius 2 is 2.00 bits per heavy atom. The summed E-state index contributed by atoms with van der Waals surface area (Å²) < 4.78 is 5.13. The zero-order valence-corrected chi connectivity index (χ0v) is 11.2. The number of carbonyl (C=O) groups excluding carboxylic acids is 1. The van der Waals surface area contributed by atoms with Gasteiger partial charge in [0.1, 0.15) is 5.75 Å². The van der Waals surface area contributed by atoms with Crippen molar-refractivity contribution < 1.29 is 9.53 Å². The van der Waals surface area contributed by atoms with Gasteiger partial charge in [-0.05, 0) is 39.0 Å². The van der Waals surface area contributed by atoms with E-state index >= 15 is 0 Å². The van der Waals surface area contributed by atoms with E-state index in [1.807, 2.05) is 20.8 Å². The molecular weight excluding hydrogens is 240 g/mol. The number of urea groups is 1. The van der Waals surface area contributed by atoms with Crippen molar-refractivity contribution >= 4 is 23.3 Å². The van der Waals surface area contributed by atoms with Crippen molar-refractivity contribution in [2.24, 2.45) is 0 Å². The van der Waals surface area contributed by atoms with Crippen molar-refractivity contribution in [2.75, 3.05) is 12.4 Å². The van der Waals surface area contributed by atoms with E-state index in [0.717, 1.165) is 0 Å². The van der Waals surface area contributed by atoms with Crippen LogP contribution in [-0.2, 0) is 0 Å². The van der Waals surface area contributed by atoms with Crippen LogP contribution in [-0.4, -0.2) is 18.7 Å². The van der Waals surface area contributed by atoms with Crippen LogP contribution in [0.4, 0.5) is 10.5 Å². The first-order valence-electron chi connectivity index (χ1n) is 5.24. The Balaban J connectivity index is 2.80. The minimum atomic E-state index is -0.296. The largest absolute Gasteiger partial charge is 0.495 e. The standard InChI is InChI=1S/C12H17ClN2O2/c1-12(2,3)15-11(16)14-9-7-8(13)5-6-10(9)17-4/h5-7H,1-4H3,(H2,14,15,16). The van der Waals surface area contributed by atoms with E-state index in [1.165, 1.54) is 7.11 Å². The van der Waals surface area contributed by atoms with Crippen LogP contribution in [0.3, 0.4) is 0 Å². The summed E-state index contributed by atoms with van der Waals surface area (Å²) in [7, 11) is 1.54. The molecular formula is C12H17ClN2O2. The number of hydrogen-bond acceptors (Lipinski definition) is 2. The molecule has 0 heterocycles. The van der Waals surface area contributed by atoms with Crippen LogP contribution in [0.5, 0.6) is 5.75 Å². The van der Waals surface area contributed by atoms with Gasteiger partial charge in [-0.25, -0.2) is 4.79 Å². The summed E-state index contributed by atoms with van der Waals surface area (Å²) in [6.45, 7) is 5.71. The molecule has 0 atom stereocenters. The van der Waals surface area contributed by atoms with Crippen LogP contribution in [0, 0.1) is 0 Å². The first kappa shape index (κ1) is 13.6. The smallest absolute Gasteiger partial charge is 0.319 e. The van der Waals surface area contributed by atoms with E-state index in [4.69, 9.17) is 16.3 Å². The Labute approximate surface area is 106 Å². The van der Waals surface area contributed by atoms with Crippen molar-refractivity contribution in [1.82, 2.24) is 5.32 Å². The van der Waals surface area contributed by atoms with Crippen LogP contribution in [0.1, 0.15) is 20.8 Å². The van der Waals surface area contributed by atoms with Crippen molar-refractivity contribution in [3.05, 3.63) is 23.2 Å². The molecule has 0 saturated heterocycles. The van der Waals surface area contributed by atoms with Gasteiger partial charge in [0.05, 0.1) is 12.8 Å². The van der Waals surface area contributed by atoms with E-state index < -0.39 is 0 Å². The summed E-state index contributed by atoms with van der Waals surface area (Å²) >= 11 is 5.86. The highest BCUT2D eigenvalue weighted by Gasteiger charge is 2.15. The van der Waals surface area contributed by atoms with Gasteiger partial charge in [-0.3, -0.25) is 0 Å². The SMILES string of the molecule is COc1ccc(Cl)cc1NC(=O)NC(C)(C)C. The topological polar surface area (TPSA) is 50.4 Å². The molecule has 0 aromatic heterocycles. The molecule has 4 nitrogen and oxygen atoms in total. The molecule has 2 amide bonds. The lowest BCUT2D eigenvalue weighted by Gasteiger charge is -2.21. The molecule has 2 N–H and O–H groups in total. The lowest BCUT2D eigenvalue weighted by atomic mass is 10.1. The van der Waals surface area contributed by atoms with Gasteiger partial charge in [-0.1, -0.05) is 11.6 Å². The fourth-order valence-corrected chi connectivity index (χ4v) is 1.44. The molecule has 94 valence electrons. The summed E-state index contributed by atoms with van der Waals surface area (Å²) in [5, 5.41) is 6.03. The maximum absolute atomic E-state index is 11.7. The van der Waals surface area contributed by atoms with Crippen molar-refractivity contribution in [3.63, 3.8) is 0 Å². The Morgan fingerprint density at radius 3 is 2.53 bits per heavy atom. The maximum Gasteiger partial charge on any atom is 0.319 e. The van der Waals surface area contributed by atoms with Gasteiger partial charge in [0.2, 0.25) is 0 Å². The number of benzene rings is 1. The maximum atomic E-state index is 11.7. The lowest BCUT2D eigenvalue weighted by molar-refractivity contribution is 0.243. The summed E-state index contributed by atoms with van der Waals surface area (Å²) in [4.78, 5) is 11.7. The summed E-state index contributed by atoms with van der Waals surface area (Å²) in [5.41, 5.74) is 0.248. The predicted molar refractivity (Wildman–Crippen MR) is 69.9 cm³/mol. The average Bonchev–Trinajstić information content (AvgIpc) is 2.14.